The van der Waals surface area contributed by atoms with Crippen LogP contribution in [0.15, 0.2) is 54.9 Å². The summed E-state index contributed by atoms with van der Waals surface area (Å²) in [6.45, 7) is 2.31. The predicted octanol–water partition coefficient (Wildman–Crippen LogP) is 1.61. The van der Waals surface area contributed by atoms with Crippen LogP contribution < -0.4 is 0 Å². The molecule has 1 aromatic heterocycles. The Labute approximate surface area is 135 Å². The molecule has 2 heterocycles. The van der Waals surface area contributed by atoms with Gasteiger partial charge in [0.25, 0.3) is 5.91 Å². The number of piperazine rings is 1. The van der Waals surface area contributed by atoms with Crippen molar-refractivity contribution in [3.05, 3.63) is 66.0 Å². The molecule has 1 aromatic carbocycles. The van der Waals surface area contributed by atoms with Crippen LogP contribution in [0.5, 0.6) is 0 Å². The first kappa shape index (κ1) is 15.2. The van der Waals surface area contributed by atoms with Gasteiger partial charge in [0.1, 0.15) is 0 Å². The highest BCUT2D eigenvalue weighted by Gasteiger charge is 2.24. The molecule has 118 valence electrons. The fraction of sp³-hybridized carbons (Fsp3) is 0.278. The van der Waals surface area contributed by atoms with Gasteiger partial charge >= 0.3 is 0 Å². The van der Waals surface area contributed by atoms with Crippen LogP contribution in [0.4, 0.5) is 0 Å². The van der Waals surface area contributed by atoms with E-state index in [4.69, 9.17) is 0 Å². The van der Waals surface area contributed by atoms with Crippen molar-refractivity contribution in [1.82, 2.24) is 14.8 Å². The molecule has 1 aliphatic heterocycles. The maximum Gasteiger partial charge on any atom is 0.254 e. The van der Waals surface area contributed by atoms with Gasteiger partial charge in [0.05, 0.1) is 6.42 Å². The van der Waals surface area contributed by atoms with E-state index < -0.39 is 0 Å². The zero-order valence-electron chi connectivity index (χ0n) is 12.9. The molecule has 23 heavy (non-hydrogen) atoms. The zero-order valence-corrected chi connectivity index (χ0v) is 12.9. The first-order valence-corrected chi connectivity index (χ1v) is 7.75. The number of amides is 2. The number of benzene rings is 1. The molecule has 5 heteroatoms. The summed E-state index contributed by atoms with van der Waals surface area (Å²) in [6, 6.07) is 13.2. The first-order chi connectivity index (χ1) is 11.2. The summed E-state index contributed by atoms with van der Waals surface area (Å²) in [5.74, 6) is 0.120. The summed E-state index contributed by atoms with van der Waals surface area (Å²) in [4.78, 5) is 32.2. The van der Waals surface area contributed by atoms with E-state index in [-0.39, 0.29) is 11.8 Å². The molecular formula is C18H19N3O2. The number of pyridine rings is 1. The molecular weight excluding hydrogens is 290 g/mol. The quantitative estimate of drug-likeness (QED) is 0.865. The third-order valence-corrected chi connectivity index (χ3v) is 4.05. The fourth-order valence-corrected chi connectivity index (χ4v) is 2.72. The normalized spacial score (nSPS) is 14.6. The third-order valence-electron chi connectivity index (χ3n) is 4.05. The molecule has 1 fully saturated rings. The third kappa shape index (κ3) is 3.74. The number of carbonyl (C=O) groups excluding carboxylic acids is 2. The lowest BCUT2D eigenvalue weighted by Gasteiger charge is -2.35. The monoisotopic (exact) mass is 309 g/mol. The second kappa shape index (κ2) is 7.05. The number of nitrogens with zero attached hydrogens (tertiary/aromatic N) is 3. The lowest BCUT2D eigenvalue weighted by atomic mass is 10.1. The molecule has 0 atom stereocenters. The second-order valence-electron chi connectivity index (χ2n) is 5.57. The summed E-state index contributed by atoms with van der Waals surface area (Å²) in [6.07, 6.45) is 3.65. The van der Waals surface area contributed by atoms with Crippen LogP contribution in [0.2, 0.25) is 0 Å². The summed E-state index contributed by atoms with van der Waals surface area (Å²) in [5.41, 5.74) is 1.66. The van der Waals surface area contributed by atoms with E-state index in [9.17, 15) is 9.59 Å². The van der Waals surface area contributed by atoms with Crippen molar-refractivity contribution >= 4 is 11.8 Å². The molecule has 0 N–H and O–H groups in total. The number of rotatable bonds is 3. The predicted molar refractivity (Wildman–Crippen MR) is 86.9 cm³/mol. The van der Waals surface area contributed by atoms with Crippen molar-refractivity contribution in [1.29, 1.82) is 0 Å². The van der Waals surface area contributed by atoms with Crippen LogP contribution in [0.25, 0.3) is 0 Å². The Morgan fingerprint density at radius 2 is 1.48 bits per heavy atom. The van der Waals surface area contributed by atoms with Crippen molar-refractivity contribution in [2.75, 3.05) is 26.2 Å². The molecule has 2 amide bonds. The smallest absolute Gasteiger partial charge is 0.254 e. The minimum absolute atomic E-state index is 0.00237. The van der Waals surface area contributed by atoms with Gasteiger partial charge in [-0.3, -0.25) is 14.6 Å². The first-order valence-electron chi connectivity index (χ1n) is 7.75. The SMILES string of the molecule is O=C(Cc1ccccc1)N1CCN(C(=O)c2ccncc2)CC1. The lowest BCUT2D eigenvalue weighted by Crippen LogP contribution is -2.51. The highest BCUT2D eigenvalue weighted by Crippen LogP contribution is 2.10. The second-order valence-corrected chi connectivity index (χ2v) is 5.57. The molecule has 0 saturated carbocycles. The molecule has 1 saturated heterocycles. The summed E-state index contributed by atoms with van der Waals surface area (Å²) >= 11 is 0. The van der Waals surface area contributed by atoms with Crippen LogP contribution in [0, 0.1) is 0 Å². The highest BCUT2D eigenvalue weighted by molar-refractivity contribution is 5.94. The zero-order chi connectivity index (χ0) is 16.1. The molecule has 0 spiro atoms. The van der Waals surface area contributed by atoms with Gasteiger partial charge in [0, 0.05) is 44.1 Å². The van der Waals surface area contributed by atoms with Crippen molar-refractivity contribution in [3.63, 3.8) is 0 Å². The standard InChI is InChI=1S/C18H19N3O2/c22-17(14-15-4-2-1-3-5-15)20-10-12-21(13-11-20)18(23)16-6-8-19-9-7-16/h1-9H,10-14H2. The molecule has 0 aliphatic carbocycles. The van der Waals surface area contributed by atoms with Crippen LogP contribution in [-0.4, -0.2) is 52.8 Å². The van der Waals surface area contributed by atoms with Gasteiger partial charge in [0.15, 0.2) is 0 Å². The summed E-state index contributed by atoms with van der Waals surface area (Å²) in [7, 11) is 0. The van der Waals surface area contributed by atoms with E-state index >= 15 is 0 Å². The molecule has 5 nitrogen and oxygen atoms in total. The largest absolute Gasteiger partial charge is 0.339 e. The van der Waals surface area contributed by atoms with Crippen LogP contribution in [-0.2, 0) is 11.2 Å². The average Bonchev–Trinajstić information content (AvgIpc) is 2.63. The topological polar surface area (TPSA) is 53.5 Å². The molecule has 0 unspecified atom stereocenters. The number of carbonyl (C=O) groups is 2. The Morgan fingerprint density at radius 3 is 2.13 bits per heavy atom. The number of aromatic nitrogens is 1. The van der Waals surface area contributed by atoms with E-state index in [2.05, 4.69) is 4.98 Å². The highest BCUT2D eigenvalue weighted by atomic mass is 16.2. The maximum atomic E-state index is 12.4. The average molecular weight is 309 g/mol. The Morgan fingerprint density at radius 1 is 0.870 bits per heavy atom. The van der Waals surface area contributed by atoms with Crippen molar-refractivity contribution in [2.24, 2.45) is 0 Å². The molecule has 0 radical (unpaired) electrons. The number of hydrogen-bond acceptors (Lipinski definition) is 3. The van der Waals surface area contributed by atoms with E-state index in [1.165, 1.54) is 0 Å². The molecule has 3 rings (SSSR count). The fourth-order valence-electron chi connectivity index (χ4n) is 2.72. The van der Waals surface area contributed by atoms with E-state index in [1.807, 2.05) is 35.2 Å². The number of hydrogen-bond donors (Lipinski definition) is 0. The molecule has 2 aromatic rings. The van der Waals surface area contributed by atoms with Gasteiger partial charge in [0.2, 0.25) is 5.91 Å². The van der Waals surface area contributed by atoms with Gasteiger partial charge in [-0.1, -0.05) is 30.3 Å². The Kier molecular flexibility index (Phi) is 4.66. The maximum absolute atomic E-state index is 12.4. The summed E-state index contributed by atoms with van der Waals surface area (Å²) < 4.78 is 0. The Hall–Kier alpha value is -2.69. The molecule has 1 aliphatic rings. The minimum Gasteiger partial charge on any atom is -0.339 e. The Bertz CT molecular complexity index is 665. The van der Waals surface area contributed by atoms with E-state index in [1.54, 1.807) is 29.4 Å². The van der Waals surface area contributed by atoms with Crippen LogP contribution >= 0.6 is 0 Å². The van der Waals surface area contributed by atoms with E-state index in [0.717, 1.165) is 5.56 Å². The van der Waals surface area contributed by atoms with Gasteiger partial charge < -0.3 is 9.80 Å². The van der Waals surface area contributed by atoms with Crippen molar-refractivity contribution in [2.45, 2.75) is 6.42 Å². The van der Waals surface area contributed by atoms with Gasteiger partial charge in [-0.05, 0) is 17.7 Å². The van der Waals surface area contributed by atoms with Crippen molar-refractivity contribution in [3.8, 4) is 0 Å². The van der Waals surface area contributed by atoms with E-state index in [0.29, 0.717) is 38.2 Å². The minimum atomic E-state index is 0.00237. The summed E-state index contributed by atoms with van der Waals surface area (Å²) in [5, 5.41) is 0. The molecule has 0 bridgehead atoms. The van der Waals surface area contributed by atoms with Crippen molar-refractivity contribution < 1.29 is 9.59 Å². The lowest BCUT2D eigenvalue weighted by molar-refractivity contribution is -0.131. The van der Waals surface area contributed by atoms with Crippen LogP contribution in [0.3, 0.4) is 0 Å². The van der Waals surface area contributed by atoms with Gasteiger partial charge in [-0.25, -0.2) is 0 Å². The van der Waals surface area contributed by atoms with Gasteiger partial charge in [-0.2, -0.15) is 0 Å². The Balaban J connectivity index is 1.54. The van der Waals surface area contributed by atoms with Crippen LogP contribution in [0.1, 0.15) is 15.9 Å². The van der Waals surface area contributed by atoms with Gasteiger partial charge in [-0.15, -0.1) is 0 Å².